The summed E-state index contributed by atoms with van der Waals surface area (Å²) in [4.78, 5) is 0.374. The largest absolute Gasteiger partial charge is 0.456 e. The fraction of sp³-hybridized carbons (Fsp3) is 0.133. The Morgan fingerprint density at radius 3 is 2.53 bits per heavy atom. The van der Waals surface area contributed by atoms with Crippen LogP contribution in [0.25, 0.3) is 0 Å². The smallest absolute Gasteiger partial charge is 0.141 e. The number of rotatable bonds is 3. The molecule has 0 atom stereocenters. The number of aryl methyl sites for hydroxylation is 1. The molecule has 4 heteroatoms. The molecule has 2 nitrogen and oxygen atoms in total. The van der Waals surface area contributed by atoms with Gasteiger partial charge in [0.05, 0.1) is 4.47 Å². The maximum atomic E-state index is 5.92. The van der Waals surface area contributed by atoms with Gasteiger partial charge in [-0.25, -0.2) is 0 Å². The molecular formula is C15H14BrNOS. The van der Waals surface area contributed by atoms with Crippen molar-refractivity contribution in [3.8, 4) is 11.5 Å². The van der Waals surface area contributed by atoms with E-state index in [4.69, 9.17) is 22.7 Å². The van der Waals surface area contributed by atoms with Crippen molar-refractivity contribution < 1.29 is 4.74 Å². The fourth-order valence-electron chi connectivity index (χ4n) is 1.69. The molecule has 19 heavy (non-hydrogen) atoms. The molecule has 0 aromatic heterocycles. The van der Waals surface area contributed by atoms with Gasteiger partial charge in [0.25, 0.3) is 0 Å². The van der Waals surface area contributed by atoms with Crippen molar-refractivity contribution in [2.24, 2.45) is 5.73 Å². The number of hydrogen-bond acceptors (Lipinski definition) is 2. The number of halogens is 1. The third kappa shape index (κ3) is 3.14. The maximum absolute atomic E-state index is 5.92. The average Bonchev–Trinajstić information content (AvgIpc) is 2.37. The van der Waals surface area contributed by atoms with Crippen molar-refractivity contribution in [2.45, 2.75) is 13.8 Å². The van der Waals surface area contributed by atoms with E-state index in [1.807, 2.05) is 37.3 Å². The van der Waals surface area contributed by atoms with E-state index in [1.54, 1.807) is 0 Å². The Morgan fingerprint density at radius 1 is 1.16 bits per heavy atom. The molecule has 2 N–H and O–H groups in total. The summed E-state index contributed by atoms with van der Waals surface area (Å²) in [6.07, 6.45) is 0. The van der Waals surface area contributed by atoms with Gasteiger partial charge in [-0.2, -0.15) is 0 Å². The average molecular weight is 336 g/mol. The summed E-state index contributed by atoms with van der Waals surface area (Å²) in [5.41, 5.74) is 8.75. The Bertz CT molecular complexity index is 640. The molecule has 0 heterocycles. The lowest BCUT2D eigenvalue weighted by atomic mass is 10.1. The van der Waals surface area contributed by atoms with Crippen LogP contribution in [0.5, 0.6) is 11.5 Å². The van der Waals surface area contributed by atoms with Crippen LogP contribution in [0.15, 0.2) is 40.9 Å². The van der Waals surface area contributed by atoms with Gasteiger partial charge in [-0.3, -0.25) is 0 Å². The molecule has 0 aliphatic heterocycles. The summed E-state index contributed by atoms with van der Waals surface area (Å²) < 4.78 is 6.76. The summed E-state index contributed by atoms with van der Waals surface area (Å²) in [6.45, 7) is 4.11. The molecule has 0 bridgehead atoms. The first kappa shape index (κ1) is 14.0. The lowest BCUT2D eigenvalue weighted by Gasteiger charge is -2.12. The van der Waals surface area contributed by atoms with Crippen molar-refractivity contribution >= 4 is 33.1 Å². The van der Waals surface area contributed by atoms with Crippen LogP contribution >= 0.6 is 28.1 Å². The number of benzene rings is 2. The second-order valence-corrected chi connectivity index (χ2v) is 5.60. The number of ether oxygens (including phenoxy) is 1. The maximum Gasteiger partial charge on any atom is 0.141 e. The van der Waals surface area contributed by atoms with Gasteiger partial charge in [0.15, 0.2) is 0 Å². The van der Waals surface area contributed by atoms with Crippen LogP contribution in [0.4, 0.5) is 0 Å². The van der Waals surface area contributed by atoms with Gasteiger partial charge in [0.1, 0.15) is 16.5 Å². The number of thiocarbonyl (C=S) groups is 1. The zero-order valence-corrected chi connectivity index (χ0v) is 13.1. The quantitative estimate of drug-likeness (QED) is 0.839. The minimum atomic E-state index is 0.374. The highest BCUT2D eigenvalue weighted by Crippen LogP contribution is 2.32. The predicted molar refractivity (Wildman–Crippen MR) is 86.0 cm³/mol. The Morgan fingerprint density at radius 2 is 1.89 bits per heavy atom. The van der Waals surface area contributed by atoms with Gasteiger partial charge in [0.2, 0.25) is 0 Å². The Kier molecular flexibility index (Phi) is 4.22. The number of nitrogens with two attached hydrogens (primary N) is 1. The highest BCUT2D eigenvalue weighted by atomic mass is 79.9. The lowest BCUT2D eigenvalue weighted by Crippen LogP contribution is -2.09. The van der Waals surface area contributed by atoms with Crippen LogP contribution < -0.4 is 10.5 Å². The van der Waals surface area contributed by atoms with Crippen LogP contribution in [-0.4, -0.2) is 4.99 Å². The predicted octanol–water partition coefficient (Wildman–Crippen LogP) is 4.49. The third-order valence-corrected chi connectivity index (χ3v) is 3.85. The van der Waals surface area contributed by atoms with Crippen molar-refractivity contribution in [3.05, 3.63) is 57.6 Å². The van der Waals surface area contributed by atoms with E-state index in [9.17, 15) is 0 Å². The van der Waals surface area contributed by atoms with Crippen molar-refractivity contribution in [1.82, 2.24) is 0 Å². The molecule has 2 aromatic rings. The number of hydrogen-bond donors (Lipinski definition) is 1. The van der Waals surface area contributed by atoms with Gasteiger partial charge >= 0.3 is 0 Å². The second-order valence-electron chi connectivity index (χ2n) is 4.31. The Balaban J connectivity index is 2.34. The van der Waals surface area contributed by atoms with Crippen molar-refractivity contribution in [1.29, 1.82) is 0 Å². The minimum absolute atomic E-state index is 0.374. The van der Waals surface area contributed by atoms with Gasteiger partial charge < -0.3 is 10.5 Å². The lowest BCUT2D eigenvalue weighted by molar-refractivity contribution is 0.475. The molecule has 2 rings (SSSR count). The van der Waals surface area contributed by atoms with E-state index in [2.05, 4.69) is 28.9 Å². The van der Waals surface area contributed by atoms with E-state index in [-0.39, 0.29) is 0 Å². The zero-order valence-electron chi connectivity index (χ0n) is 10.7. The molecule has 0 aliphatic carbocycles. The summed E-state index contributed by atoms with van der Waals surface area (Å²) in [5, 5.41) is 0. The van der Waals surface area contributed by atoms with Crippen LogP contribution in [-0.2, 0) is 0 Å². The molecule has 0 unspecified atom stereocenters. The zero-order chi connectivity index (χ0) is 14.0. The van der Waals surface area contributed by atoms with Crippen LogP contribution in [0, 0.1) is 13.8 Å². The van der Waals surface area contributed by atoms with E-state index in [1.165, 1.54) is 5.56 Å². The second kappa shape index (κ2) is 5.72. The monoisotopic (exact) mass is 335 g/mol. The van der Waals surface area contributed by atoms with E-state index < -0.39 is 0 Å². The first-order chi connectivity index (χ1) is 8.99. The molecule has 0 saturated carbocycles. The van der Waals surface area contributed by atoms with E-state index in [0.717, 1.165) is 27.1 Å². The van der Waals surface area contributed by atoms with Crippen molar-refractivity contribution in [3.63, 3.8) is 0 Å². The standard InChI is InChI=1S/C15H14BrNOS/c1-9-4-3-5-13(10(9)2)18-14-7-6-11(15(17)19)8-12(14)16/h3-8H,1-2H3,(H2,17,19). The molecule has 0 radical (unpaired) electrons. The first-order valence-electron chi connectivity index (χ1n) is 5.82. The summed E-state index contributed by atoms with van der Waals surface area (Å²) in [7, 11) is 0. The Hall–Kier alpha value is -1.39. The molecule has 0 amide bonds. The van der Waals surface area contributed by atoms with Gasteiger partial charge in [-0.15, -0.1) is 0 Å². The molecule has 2 aromatic carbocycles. The molecular weight excluding hydrogens is 322 g/mol. The fourth-order valence-corrected chi connectivity index (χ4v) is 2.28. The van der Waals surface area contributed by atoms with E-state index >= 15 is 0 Å². The normalized spacial score (nSPS) is 10.3. The topological polar surface area (TPSA) is 35.2 Å². The molecule has 0 saturated heterocycles. The third-order valence-electron chi connectivity index (χ3n) is 2.99. The summed E-state index contributed by atoms with van der Waals surface area (Å²) >= 11 is 8.42. The molecule has 0 spiro atoms. The van der Waals surface area contributed by atoms with E-state index in [0.29, 0.717) is 4.99 Å². The SMILES string of the molecule is Cc1cccc(Oc2ccc(C(N)=S)cc2Br)c1C. The minimum Gasteiger partial charge on any atom is -0.456 e. The summed E-state index contributed by atoms with van der Waals surface area (Å²) in [6, 6.07) is 11.6. The van der Waals surface area contributed by atoms with Gasteiger partial charge in [0, 0.05) is 5.56 Å². The first-order valence-corrected chi connectivity index (χ1v) is 7.02. The molecule has 0 aliphatic rings. The molecule has 98 valence electrons. The van der Waals surface area contributed by atoms with Crippen molar-refractivity contribution in [2.75, 3.05) is 0 Å². The summed E-state index contributed by atoms with van der Waals surface area (Å²) in [5.74, 6) is 1.59. The van der Waals surface area contributed by atoms with Crippen LogP contribution in [0.2, 0.25) is 0 Å². The Labute approximate surface area is 126 Å². The van der Waals surface area contributed by atoms with Gasteiger partial charge in [-0.05, 0) is 65.2 Å². The highest BCUT2D eigenvalue weighted by molar-refractivity contribution is 9.10. The molecule has 0 fully saturated rings. The van der Waals surface area contributed by atoms with Gasteiger partial charge in [-0.1, -0.05) is 24.4 Å². The highest BCUT2D eigenvalue weighted by Gasteiger charge is 2.08. The van der Waals surface area contributed by atoms with Crippen LogP contribution in [0.1, 0.15) is 16.7 Å². The van der Waals surface area contributed by atoms with Crippen LogP contribution in [0.3, 0.4) is 0 Å².